The lowest BCUT2D eigenvalue weighted by atomic mass is 10.1. The number of aryl methyl sites for hydroxylation is 1. The van der Waals surface area contributed by atoms with E-state index in [4.69, 9.17) is 9.47 Å². The Hall–Kier alpha value is -3.80. The lowest BCUT2D eigenvalue weighted by Gasteiger charge is -2.29. The lowest BCUT2D eigenvalue weighted by Crippen LogP contribution is -2.47. The van der Waals surface area contributed by atoms with Crippen LogP contribution in [0.2, 0.25) is 0 Å². The van der Waals surface area contributed by atoms with Gasteiger partial charge < -0.3 is 19.7 Å². The number of amides is 2. The van der Waals surface area contributed by atoms with Crippen LogP contribution in [-0.4, -0.2) is 37.0 Å². The number of carbonyl (C=O) groups is 2. The lowest BCUT2D eigenvalue weighted by molar-refractivity contribution is -0.140. The molecule has 0 aliphatic heterocycles. The fourth-order valence-electron chi connectivity index (χ4n) is 3.73. The fraction of sp³-hybridized carbons (Fsp3) is 0.286. The van der Waals surface area contributed by atoms with Crippen LogP contribution in [0.1, 0.15) is 30.0 Å². The molecular formula is C28H32N2O4. The van der Waals surface area contributed by atoms with Crippen molar-refractivity contribution in [2.24, 2.45) is 0 Å². The molecule has 2 amide bonds. The van der Waals surface area contributed by atoms with E-state index in [1.807, 2.05) is 78.9 Å². The fourth-order valence-corrected chi connectivity index (χ4v) is 3.73. The van der Waals surface area contributed by atoms with E-state index in [0.29, 0.717) is 31.7 Å². The van der Waals surface area contributed by atoms with Gasteiger partial charge in [0.1, 0.15) is 17.5 Å². The molecule has 0 saturated heterocycles. The van der Waals surface area contributed by atoms with Gasteiger partial charge in [-0.1, -0.05) is 60.7 Å². The molecule has 0 aliphatic rings. The SMILES string of the molecule is COc1ccc(CN(C(=O)CCc2ccccc2)C(C)C(=O)NCc2ccccc2OC)cc1. The molecule has 1 atom stereocenters. The summed E-state index contributed by atoms with van der Waals surface area (Å²) < 4.78 is 10.6. The molecule has 3 aromatic rings. The van der Waals surface area contributed by atoms with Crippen molar-refractivity contribution < 1.29 is 19.1 Å². The molecule has 3 aromatic carbocycles. The first-order valence-corrected chi connectivity index (χ1v) is 11.4. The quantitative estimate of drug-likeness (QED) is 0.461. The van der Waals surface area contributed by atoms with Crippen LogP contribution in [0.25, 0.3) is 0 Å². The summed E-state index contributed by atoms with van der Waals surface area (Å²) in [4.78, 5) is 28.0. The second-order valence-electron chi connectivity index (χ2n) is 8.06. The van der Waals surface area contributed by atoms with Crippen molar-refractivity contribution in [2.75, 3.05) is 14.2 Å². The largest absolute Gasteiger partial charge is 0.497 e. The molecule has 0 radical (unpaired) electrons. The van der Waals surface area contributed by atoms with Crippen molar-refractivity contribution in [3.63, 3.8) is 0 Å². The van der Waals surface area contributed by atoms with Crippen LogP contribution < -0.4 is 14.8 Å². The third-order valence-electron chi connectivity index (χ3n) is 5.80. The minimum Gasteiger partial charge on any atom is -0.497 e. The number of methoxy groups -OCH3 is 2. The average molecular weight is 461 g/mol. The molecule has 178 valence electrons. The van der Waals surface area contributed by atoms with E-state index in [1.165, 1.54) is 0 Å². The summed E-state index contributed by atoms with van der Waals surface area (Å²) in [5.74, 6) is 1.17. The highest BCUT2D eigenvalue weighted by atomic mass is 16.5. The summed E-state index contributed by atoms with van der Waals surface area (Å²) in [5.41, 5.74) is 2.90. The van der Waals surface area contributed by atoms with Gasteiger partial charge >= 0.3 is 0 Å². The maximum Gasteiger partial charge on any atom is 0.242 e. The van der Waals surface area contributed by atoms with Crippen LogP contribution in [-0.2, 0) is 29.1 Å². The number of nitrogens with zero attached hydrogens (tertiary/aromatic N) is 1. The highest BCUT2D eigenvalue weighted by Gasteiger charge is 2.26. The van der Waals surface area contributed by atoms with E-state index in [1.54, 1.807) is 26.0 Å². The molecule has 6 nitrogen and oxygen atoms in total. The molecule has 1 unspecified atom stereocenters. The summed E-state index contributed by atoms with van der Waals surface area (Å²) in [5, 5.41) is 2.95. The predicted molar refractivity (Wildman–Crippen MR) is 133 cm³/mol. The Morgan fingerprint density at radius 3 is 2.21 bits per heavy atom. The summed E-state index contributed by atoms with van der Waals surface area (Å²) in [6.45, 7) is 2.42. The van der Waals surface area contributed by atoms with Crippen molar-refractivity contribution in [3.05, 3.63) is 95.6 Å². The molecule has 0 spiro atoms. The number of nitrogens with one attached hydrogen (secondary N) is 1. The third-order valence-corrected chi connectivity index (χ3v) is 5.80. The number of para-hydroxylation sites is 1. The minimum absolute atomic E-state index is 0.0698. The number of ether oxygens (including phenoxy) is 2. The van der Waals surface area contributed by atoms with Gasteiger partial charge in [0.05, 0.1) is 14.2 Å². The summed E-state index contributed by atoms with van der Waals surface area (Å²) in [6, 6.07) is 24.3. The first kappa shape index (κ1) is 24.8. The first-order valence-electron chi connectivity index (χ1n) is 11.4. The van der Waals surface area contributed by atoms with Gasteiger partial charge in [0.15, 0.2) is 0 Å². The Bertz CT molecular complexity index is 1070. The summed E-state index contributed by atoms with van der Waals surface area (Å²) in [7, 11) is 3.22. The number of carbonyl (C=O) groups excluding carboxylic acids is 2. The van der Waals surface area contributed by atoms with Crippen molar-refractivity contribution in [1.82, 2.24) is 10.2 Å². The van der Waals surface area contributed by atoms with Crippen molar-refractivity contribution >= 4 is 11.8 Å². The van der Waals surface area contributed by atoms with Crippen LogP contribution in [0.5, 0.6) is 11.5 Å². The molecule has 0 fully saturated rings. The normalized spacial score (nSPS) is 11.4. The zero-order chi connectivity index (χ0) is 24.3. The van der Waals surface area contributed by atoms with E-state index in [2.05, 4.69) is 5.32 Å². The van der Waals surface area contributed by atoms with Gasteiger partial charge in [0.25, 0.3) is 0 Å². The second-order valence-corrected chi connectivity index (χ2v) is 8.06. The molecule has 34 heavy (non-hydrogen) atoms. The maximum atomic E-state index is 13.3. The van der Waals surface area contributed by atoms with Gasteiger partial charge in [-0.2, -0.15) is 0 Å². The molecule has 6 heteroatoms. The van der Waals surface area contributed by atoms with Crippen LogP contribution >= 0.6 is 0 Å². The minimum atomic E-state index is -0.639. The zero-order valence-corrected chi connectivity index (χ0v) is 20.0. The van der Waals surface area contributed by atoms with Crippen LogP contribution in [0.3, 0.4) is 0 Å². The molecule has 1 N–H and O–H groups in total. The number of rotatable bonds is 11. The highest BCUT2D eigenvalue weighted by molar-refractivity contribution is 5.87. The van der Waals surface area contributed by atoms with Gasteiger partial charge in [0.2, 0.25) is 11.8 Å². The van der Waals surface area contributed by atoms with Gasteiger partial charge in [-0.05, 0) is 42.7 Å². The third kappa shape index (κ3) is 6.85. The Morgan fingerprint density at radius 2 is 1.53 bits per heavy atom. The van der Waals surface area contributed by atoms with Crippen LogP contribution in [0.15, 0.2) is 78.9 Å². The first-order chi connectivity index (χ1) is 16.5. The Kier molecular flexibility index (Phi) is 9.09. The van der Waals surface area contributed by atoms with Crippen molar-refractivity contribution in [1.29, 1.82) is 0 Å². The Morgan fingerprint density at radius 1 is 0.853 bits per heavy atom. The Labute approximate surface area is 201 Å². The molecule has 0 aliphatic carbocycles. The molecule has 0 saturated carbocycles. The second kappa shape index (κ2) is 12.4. The average Bonchev–Trinajstić information content (AvgIpc) is 2.89. The number of hydrogen-bond acceptors (Lipinski definition) is 4. The predicted octanol–water partition coefficient (Wildman–Crippen LogP) is 4.37. The van der Waals surface area contributed by atoms with Gasteiger partial charge in [0, 0.05) is 25.1 Å². The standard InChI is InChI=1S/C28H32N2O4/c1-21(28(32)29-19-24-11-7-8-12-26(24)34-3)30(20-23-13-16-25(33-2)17-14-23)27(31)18-15-22-9-5-4-6-10-22/h4-14,16-17,21H,15,18-20H2,1-3H3,(H,29,32). The molecule has 3 rings (SSSR count). The van der Waals surface area contributed by atoms with E-state index >= 15 is 0 Å². The molecule has 0 heterocycles. The molecule has 0 bridgehead atoms. The highest BCUT2D eigenvalue weighted by Crippen LogP contribution is 2.18. The summed E-state index contributed by atoms with van der Waals surface area (Å²) >= 11 is 0. The van der Waals surface area contributed by atoms with E-state index in [-0.39, 0.29) is 11.8 Å². The Balaban J connectivity index is 1.71. The van der Waals surface area contributed by atoms with Crippen LogP contribution in [0, 0.1) is 0 Å². The monoisotopic (exact) mass is 460 g/mol. The van der Waals surface area contributed by atoms with Gasteiger partial charge in [-0.3, -0.25) is 9.59 Å². The van der Waals surface area contributed by atoms with Crippen molar-refractivity contribution in [3.8, 4) is 11.5 Å². The molecule has 0 aromatic heterocycles. The van der Waals surface area contributed by atoms with E-state index in [0.717, 1.165) is 22.4 Å². The van der Waals surface area contributed by atoms with Gasteiger partial charge in [-0.25, -0.2) is 0 Å². The number of hydrogen-bond donors (Lipinski definition) is 1. The van der Waals surface area contributed by atoms with E-state index in [9.17, 15) is 9.59 Å². The van der Waals surface area contributed by atoms with Gasteiger partial charge in [-0.15, -0.1) is 0 Å². The molecular weight excluding hydrogens is 428 g/mol. The van der Waals surface area contributed by atoms with Crippen LogP contribution in [0.4, 0.5) is 0 Å². The van der Waals surface area contributed by atoms with E-state index < -0.39 is 6.04 Å². The number of benzene rings is 3. The van der Waals surface area contributed by atoms with Crippen molar-refractivity contribution in [2.45, 2.75) is 38.9 Å². The maximum absolute atomic E-state index is 13.3. The smallest absolute Gasteiger partial charge is 0.242 e. The summed E-state index contributed by atoms with van der Waals surface area (Å²) in [6.07, 6.45) is 0.943. The topological polar surface area (TPSA) is 67.9 Å². The zero-order valence-electron chi connectivity index (χ0n) is 20.0.